The number of hydrogen-bond donors (Lipinski definition) is 1. The lowest BCUT2D eigenvalue weighted by atomic mass is 10.2. The van der Waals surface area contributed by atoms with Gasteiger partial charge in [0, 0.05) is 11.1 Å². The third-order valence-corrected chi connectivity index (χ3v) is 3.64. The lowest BCUT2D eigenvalue weighted by Gasteiger charge is -2.12. The van der Waals surface area contributed by atoms with Gasteiger partial charge in [0.15, 0.2) is 11.5 Å². The molecule has 0 bridgehead atoms. The number of hydrogen-bond acceptors (Lipinski definition) is 7. The molecule has 0 saturated carbocycles. The zero-order chi connectivity index (χ0) is 19.4. The van der Waals surface area contributed by atoms with Gasteiger partial charge in [-0.3, -0.25) is 10.1 Å². The lowest BCUT2D eigenvalue weighted by Crippen LogP contribution is -2.12. The van der Waals surface area contributed by atoms with Crippen molar-refractivity contribution in [3.63, 3.8) is 0 Å². The van der Waals surface area contributed by atoms with Crippen molar-refractivity contribution in [3.05, 3.63) is 47.8 Å². The van der Waals surface area contributed by atoms with Gasteiger partial charge in [-0.1, -0.05) is 11.2 Å². The summed E-state index contributed by atoms with van der Waals surface area (Å²) in [5.41, 5.74) is 0.630. The molecule has 0 atom stereocenters. The van der Waals surface area contributed by atoms with Crippen molar-refractivity contribution in [2.24, 2.45) is 0 Å². The molecule has 140 valence electrons. The number of carbonyl (C=O) groups is 1. The molecule has 1 aromatic heterocycles. The number of ether oxygens (including phenoxy) is 3. The summed E-state index contributed by atoms with van der Waals surface area (Å²) in [4.78, 5) is 12.1. The summed E-state index contributed by atoms with van der Waals surface area (Å²) < 4.78 is 34.5. The highest BCUT2D eigenvalue weighted by molar-refractivity contribution is 6.03. The molecule has 8 nitrogen and oxygen atoms in total. The maximum absolute atomic E-state index is 13.2. The van der Waals surface area contributed by atoms with E-state index in [0.29, 0.717) is 22.8 Å². The van der Waals surface area contributed by atoms with Crippen molar-refractivity contribution < 1.29 is 27.8 Å². The number of carbonyl (C=O) groups excluding carboxylic acids is 1. The first-order chi connectivity index (χ1) is 13.0. The van der Waals surface area contributed by atoms with Crippen LogP contribution in [-0.4, -0.2) is 37.4 Å². The second-order valence-corrected chi connectivity index (χ2v) is 5.29. The van der Waals surface area contributed by atoms with E-state index in [2.05, 4.69) is 15.5 Å². The SMILES string of the molecule is COc1cc(-c2nnc(NC(=O)c3cccc(F)c3)o2)cc(OC)c1OC. The number of nitrogens with one attached hydrogen (secondary N) is 1. The quantitative estimate of drug-likeness (QED) is 0.709. The van der Waals surface area contributed by atoms with Gasteiger partial charge in [-0.05, 0) is 30.3 Å². The van der Waals surface area contributed by atoms with Crippen LogP contribution in [0.5, 0.6) is 17.2 Å². The maximum atomic E-state index is 13.2. The summed E-state index contributed by atoms with van der Waals surface area (Å²) in [5, 5.41) is 10.1. The van der Waals surface area contributed by atoms with Crippen molar-refractivity contribution in [2.45, 2.75) is 0 Å². The number of benzene rings is 2. The fourth-order valence-corrected chi connectivity index (χ4v) is 2.39. The highest BCUT2D eigenvalue weighted by atomic mass is 19.1. The fraction of sp³-hybridized carbons (Fsp3) is 0.167. The van der Waals surface area contributed by atoms with E-state index >= 15 is 0 Å². The first-order valence-electron chi connectivity index (χ1n) is 7.76. The zero-order valence-corrected chi connectivity index (χ0v) is 14.8. The van der Waals surface area contributed by atoms with Gasteiger partial charge in [-0.15, -0.1) is 5.10 Å². The van der Waals surface area contributed by atoms with E-state index in [4.69, 9.17) is 18.6 Å². The number of halogens is 1. The molecule has 1 heterocycles. The van der Waals surface area contributed by atoms with E-state index in [1.165, 1.54) is 39.5 Å². The molecule has 3 rings (SSSR count). The normalized spacial score (nSPS) is 10.4. The molecule has 0 spiro atoms. The summed E-state index contributed by atoms with van der Waals surface area (Å²) >= 11 is 0. The van der Waals surface area contributed by atoms with Crippen LogP contribution in [0.15, 0.2) is 40.8 Å². The first kappa shape index (κ1) is 18.2. The monoisotopic (exact) mass is 373 g/mol. The van der Waals surface area contributed by atoms with Gasteiger partial charge in [0.25, 0.3) is 5.91 Å². The molecule has 27 heavy (non-hydrogen) atoms. The Hall–Kier alpha value is -3.62. The molecule has 0 aliphatic carbocycles. The summed E-state index contributed by atoms with van der Waals surface area (Å²) in [6.45, 7) is 0. The van der Waals surface area contributed by atoms with Gasteiger partial charge in [0.05, 0.1) is 21.3 Å². The summed E-state index contributed by atoms with van der Waals surface area (Å²) in [6, 6.07) is 8.37. The van der Waals surface area contributed by atoms with Crippen LogP contribution in [0.25, 0.3) is 11.5 Å². The minimum atomic E-state index is -0.574. The maximum Gasteiger partial charge on any atom is 0.322 e. The van der Waals surface area contributed by atoms with E-state index < -0.39 is 11.7 Å². The molecule has 9 heteroatoms. The van der Waals surface area contributed by atoms with Crippen LogP contribution in [0.4, 0.5) is 10.4 Å². The summed E-state index contributed by atoms with van der Waals surface area (Å²) in [6.07, 6.45) is 0. The van der Waals surface area contributed by atoms with Crippen molar-refractivity contribution >= 4 is 11.9 Å². The molecule has 0 aliphatic rings. The molecule has 0 saturated heterocycles. The largest absolute Gasteiger partial charge is 0.493 e. The van der Waals surface area contributed by atoms with E-state index in [-0.39, 0.29) is 17.5 Å². The molecular weight excluding hydrogens is 357 g/mol. The molecule has 3 aromatic rings. The second-order valence-electron chi connectivity index (χ2n) is 5.29. The summed E-state index contributed by atoms with van der Waals surface area (Å²) in [5.74, 6) is 0.276. The number of amides is 1. The number of rotatable bonds is 6. The average molecular weight is 373 g/mol. The standard InChI is InChI=1S/C18H16FN3O5/c1-24-13-8-11(9-14(25-2)15(13)26-3)17-21-22-18(27-17)20-16(23)10-5-4-6-12(19)7-10/h4-9H,1-3H3,(H,20,22,23). The van der Waals surface area contributed by atoms with Crippen molar-refractivity contribution in [1.29, 1.82) is 0 Å². The Morgan fingerprint density at radius 2 is 1.74 bits per heavy atom. The third kappa shape index (κ3) is 3.81. The molecule has 0 fully saturated rings. The Labute approximate surface area is 153 Å². The number of aromatic nitrogens is 2. The Balaban J connectivity index is 1.86. The topological polar surface area (TPSA) is 95.7 Å². The average Bonchev–Trinajstić information content (AvgIpc) is 3.15. The zero-order valence-electron chi connectivity index (χ0n) is 14.8. The van der Waals surface area contributed by atoms with Gasteiger partial charge in [0.1, 0.15) is 5.82 Å². The molecule has 0 radical (unpaired) electrons. The van der Waals surface area contributed by atoms with Gasteiger partial charge in [-0.2, -0.15) is 0 Å². The minimum Gasteiger partial charge on any atom is -0.493 e. The molecule has 1 amide bonds. The Morgan fingerprint density at radius 3 is 2.33 bits per heavy atom. The minimum absolute atomic E-state index is 0.127. The van der Waals surface area contributed by atoms with Crippen LogP contribution < -0.4 is 19.5 Å². The highest BCUT2D eigenvalue weighted by Crippen LogP contribution is 2.41. The molecular formula is C18H16FN3O5. The lowest BCUT2D eigenvalue weighted by molar-refractivity contribution is 0.102. The van der Waals surface area contributed by atoms with Crippen molar-refractivity contribution in [2.75, 3.05) is 26.6 Å². The predicted octanol–water partition coefficient (Wildman–Crippen LogP) is 3.15. The van der Waals surface area contributed by atoms with E-state index in [9.17, 15) is 9.18 Å². The van der Waals surface area contributed by atoms with E-state index in [1.807, 2.05) is 0 Å². The number of anilines is 1. The van der Waals surface area contributed by atoms with Crippen LogP contribution in [0, 0.1) is 5.82 Å². The Morgan fingerprint density at radius 1 is 1.04 bits per heavy atom. The summed E-state index contributed by atoms with van der Waals surface area (Å²) in [7, 11) is 4.46. The predicted molar refractivity (Wildman–Crippen MR) is 93.7 cm³/mol. The highest BCUT2D eigenvalue weighted by Gasteiger charge is 2.18. The van der Waals surface area contributed by atoms with Crippen LogP contribution >= 0.6 is 0 Å². The van der Waals surface area contributed by atoms with Crippen LogP contribution in [0.1, 0.15) is 10.4 Å². The van der Waals surface area contributed by atoms with Gasteiger partial charge in [0.2, 0.25) is 11.6 Å². The first-order valence-corrected chi connectivity index (χ1v) is 7.76. The van der Waals surface area contributed by atoms with Crippen molar-refractivity contribution in [3.8, 4) is 28.7 Å². The van der Waals surface area contributed by atoms with Gasteiger partial charge in [-0.25, -0.2) is 4.39 Å². The van der Waals surface area contributed by atoms with E-state index in [0.717, 1.165) is 6.07 Å². The van der Waals surface area contributed by atoms with E-state index in [1.54, 1.807) is 12.1 Å². The second kappa shape index (κ2) is 7.73. The molecule has 0 unspecified atom stereocenters. The van der Waals surface area contributed by atoms with Crippen LogP contribution in [0.3, 0.4) is 0 Å². The molecule has 1 N–H and O–H groups in total. The smallest absolute Gasteiger partial charge is 0.322 e. The van der Waals surface area contributed by atoms with Crippen molar-refractivity contribution in [1.82, 2.24) is 10.2 Å². The number of nitrogens with zero attached hydrogens (tertiary/aromatic N) is 2. The number of methoxy groups -OCH3 is 3. The van der Waals surface area contributed by atoms with Gasteiger partial charge < -0.3 is 18.6 Å². The molecule has 2 aromatic carbocycles. The van der Waals surface area contributed by atoms with Crippen LogP contribution in [0.2, 0.25) is 0 Å². The fourth-order valence-electron chi connectivity index (χ4n) is 2.39. The van der Waals surface area contributed by atoms with Crippen LogP contribution in [-0.2, 0) is 0 Å². The molecule has 0 aliphatic heterocycles. The Bertz CT molecular complexity index is 948. The van der Waals surface area contributed by atoms with Gasteiger partial charge >= 0.3 is 6.01 Å². The third-order valence-electron chi connectivity index (χ3n) is 3.64. The Kier molecular flexibility index (Phi) is 5.20.